The molecule has 1 unspecified atom stereocenters. The van der Waals surface area contributed by atoms with Gasteiger partial charge in [0.05, 0.1) is 0 Å². The maximum Gasteiger partial charge on any atom is -0.0213 e. The maximum atomic E-state index is 2.38. The van der Waals surface area contributed by atoms with Crippen molar-refractivity contribution in [1.29, 1.82) is 0 Å². The van der Waals surface area contributed by atoms with E-state index < -0.39 is 0 Å². The van der Waals surface area contributed by atoms with Gasteiger partial charge in [0.25, 0.3) is 0 Å². The highest BCUT2D eigenvalue weighted by atomic mass is 14.3. The Morgan fingerprint density at radius 1 is 1.25 bits per heavy atom. The molecule has 0 bridgehead atoms. The van der Waals surface area contributed by atoms with Crippen molar-refractivity contribution in [3.05, 3.63) is 5.92 Å². The summed E-state index contributed by atoms with van der Waals surface area (Å²) in [5.74, 6) is 3.60. The number of hydrogen-bond donors (Lipinski definition) is 0. The summed E-state index contributed by atoms with van der Waals surface area (Å²) in [5.41, 5.74) is 0. The Balaban J connectivity index is 2.33. The van der Waals surface area contributed by atoms with E-state index >= 15 is 0 Å². The molecule has 0 nitrogen and oxygen atoms in total. The second-order valence-corrected chi connectivity index (χ2v) is 4.39. The van der Waals surface area contributed by atoms with Gasteiger partial charge in [0, 0.05) is 0 Å². The first-order valence-electron chi connectivity index (χ1n) is 5.59. The fraction of sp³-hybridized carbons (Fsp3) is 0.917. The molecule has 0 N–H and O–H groups in total. The molecule has 1 fully saturated rings. The number of rotatable bonds is 3. The van der Waals surface area contributed by atoms with Gasteiger partial charge in [-0.1, -0.05) is 46.5 Å². The quantitative estimate of drug-likeness (QED) is 0.590. The minimum absolute atomic E-state index is 0.855. The lowest BCUT2D eigenvalue weighted by Gasteiger charge is -2.30. The van der Waals surface area contributed by atoms with Crippen LogP contribution < -0.4 is 0 Å². The summed E-state index contributed by atoms with van der Waals surface area (Å²) in [6.45, 7) is 7.06. The molecule has 0 heteroatoms. The summed E-state index contributed by atoms with van der Waals surface area (Å²) in [4.78, 5) is 0. The summed E-state index contributed by atoms with van der Waals surface area (Å²) in [6.07, 6.45) is 8.68. The van der Waals surface area contributed by atoms with Crippen molar-refractivity contribution in [2.24, 2.45) is 11.8 Å². The topological polar surface area (TPSA) is 0 Å². The van der Waals surface area contributed by atoms with E-state index in [9.17, 15) is 0 Å². The van der Waals surface area contributed by atoms with E-state index in [1.807, 2.05) is 0 Å². The van der Waals surface area contributed by atoms with Gasteiger partial charge in [-0.2, -0.15) is 0 Å². The van der Waals surface area contributed by atoms with Gasteiger partial charge in [-0.15, -0.1) is 0 Å². The first-order valence-corrected chi connectivity index (χ1v) is 5.59. The third-order valence-electron chi connectivity index (χ3n) is 3.64. The number of hydrogen-bond acceptors (Lipinski definition) is 0. The van der Waals surface area contributed by atoms with E-state index in [1.165, 1.54) is 38.5 Å². The predicted octanol–water partition coefficient (Wildman–Crippen LogP) is 4.21. The molecule has 71 valence electrons. The van der Waals surface area contributed by atoms with Gasteiger partial charge in [-0.25, -0.2) is 0 Å². The second kappa shape index (κ2) is 4.89. The van der Waals surface area contributed by atoms with Crippen LogP contribution in [0.15, 0.2) is 0 Å². The molecule has 0 aliphatic heterocycles. The van der Waals surface area contributed by atoms with Crippen molar-refractivity contribution in [2.45, 2.75) is 59.3 Å². The molecule has 0 aromatic carbocycles. The molecule has 1 radical (unpaired) electrons. The third-order valence-corrected chi connectivity index (χ3v) is 3.64. The Bertz CT molecular complexity index is 111. The standard InChI is InChI=1S/C12H23/c1-4-10(2)11(3)12-8-6-5-7-9-12/h10,12H,4-9H2,1-3H3. The minimum atomic E-state index is 0.855. The Hall–Kier alpha value is 0. The molecule has 0 aromatic heterocycles. The first kappa shape index (κ1) is 10.1. The summed E-state index contributed by atoms with van der Waals surface area (Å²) < 4.78 is 0. The van der Waals surface area contributed by atoms with E-state index in [0.29, 0.717) is 0 Å². The van der Waals surface area contributed by atoms with E-state index in [0.717, 1.165) is 11.8 Å². The Kier molecular flexibility index (Phi) is 4.11. The Morgan fingerprint density at radius 2 is 1.83 bits per heavy atom. The van der Waals surface area contributed by atoms with Crippen LogP contribution in [0.4, 0.5) is 0 Å². The van der Waals surface area contributed by atoms with Gasteiger partial charge in [0.2, 0.25) is 0 Å². The largest absolute Gasteiger partial charge is 0.0651 e. The molecule has 1 atom stereocenters. The van der Waals surface area contributed by atoms with Crippen LogP contribution in [0.1, 0.15) is 59.3 Å². The Labute approximate surface area is 77.7 Å². The molecule has 12 heavy (non-hydrogen) atoms. The van der Waals surface area contributed by atoms with Crippen molar-refractivity contribution >= 4 is 0 Å². The van der Waals surface area contributed by atoms with E-state index in [2.05, 4.69) is 20.8 Å². The lowest BCUT2D eigenvalue weighted by molar-refractivity contribution is 0.328. The normalized spacial score (nSPS) is 23.0. The van der Waals surface area contributed by atoms with Crippen LogP contribution in [0.3, 0.4) is 0 Å². The highest BCUT2D eigenvalue weighted by Gasteiger charge is 2.23. The van der Waals surface area contributed by atoms with E-state index in [-0.39, 0.29) is 0 Å². The smallest absolute Gasteiger partial charge is 0.0213 e. The summed E-state index contributed by atoms with van der Waals surface area (Å²) >= 11 is 0. The Morgan fingerprint density at radius 3 is 2.33 bits per heavy atom. The van der Waals surface area contributed by atoms with Crippen LogP contribution in [0.25, 0.3) is 0 Å². The van der Waals surface area contributed by atoms with Crippen molar-refractivity contribution in [3.8, 4) is 0 Å². The van der Waals surface area contributed by atoms with Gasteiger partial charge in [0.1, 0.15) is 0 Å². The molecule has 1 aliphatic rings. The van der Waals surface area contributed by atoms with Crippen molar-refractivity contribution < 1.29 is 0 Å². The highest BCUT2D eigenvalue weighted by molar-refractivity contribution is 4.96. The zero-order chi connectivity index (χ0) is 8.97. The monoisotopic (exact) mass is 167 g/mol. The molecule has 0 saturated heterocycles. The lowest BCUT2D eigenvalue weighted by Crippen LogP contribution is -2.18. The van der Waals surface area contributed by atoms with E-state index in [1.54, 1.807) is 5.92 Å². The fourth-order valence-corrected chi connectivity index (χ4v) is 2.28. The molecular weight excluding hydrogens is 144 g/mol. The zero-order valence-electron chi connectivity index (χ0n) is 8.90. The van der Waals surface area contributed by atoms with Gasteiger partial charge in [0.15, 0.2) is 0 Å². The molecule has 1 saturated carbocycles. The molecule has 0 aromatic rings. The summed E-state index contributed by atoms with van der Waals surface area (Å²) in [5, 5.41) is 0. The fourth-order valence-electron chi connectivity index (χ4n) is 2.28. The molecule has 1 rings (SSSR count). The van der Waals surface area contributed by atoms with Crippen LogP contribution >= 0.6 is 0 Å². The van der Waals surface area contributed by atoms with Crippen LogP contribution in [0, 0.1) is 17.8 Å². The predicted molar refractivity (Wildman–Crippen MR) is 54.9 cm³/mol. The molecule has 0 heterocycles. The lowest BCUT2D eigenvalue weighted by atomic mass is 9.75. The summed E-state index contributed by atoms with van der Waals surface area (Å²) in [7, 11) is 0. The van der Waals surface area contributed by atoms with Gasteiger partial charge in [-0.3, -0.25) is 0 Å². The molecule has 1 aliphatic carbocycles. The first-order chi connectivity index (χ1) is 5.75. The average Bonchev–Trinajstić information content (AvgIpc) is 2.17. The van der Waals surface area contributed by atoms with E-state index in [4.69, 9.17) is 0 Å². The van der Waals surface area contributed by atoms with Crippen molar-refractivity contribution in [2.75, 3.05) is 0 Å². The van der Waals surface area contributed by atoms with Gasteiger partial charge >= 0.3 is 0 Å². The maximum absolute atomic E-state index is 2.38. The van der Waals surface area contributed by atoms with Crippen molar-refractivity contribution in [1.82, 2.24) is 0 Å². The van der Waals surface area contributed by atoms with Crippen LogP contribution in [0.2, 0.25) is 0 Å². The van der Waals surface area contributed by atoms with Gasteiger partial charge in [-0.05, 0) is 30.6 Å². The average molecular weight is 167 g/mol. The molecular formula is C12H23. The molecule has 0 amide bonds. The van der Waals surface area contributed by atoms with Crippen molar-refractivity contribution in [3.63, 3.8) is 0 Å². The minimum Gasteiger partial charge on any atom is -0.0651 e. The van der Waals surface area contributed by atoms with Crippen LogP contribution in [-0.2, 0) is 0 Å². The van der Waals surface area contributed by atoms with Gasteiger partial charge < -0.3 is 0 Å². The summed E-state index contributed by atoms with van der Waals surface area (Å²) in [6, 6.07) is 0. The third kappa shape index (κ3) is 2.50. The van der Waals surface area contributed by atoms with Crippen LogP contribution in [0.5, 0.6) is 0 Å². The molecule has 0 spiro atoms. The highest BCUT2D eigenvalue weighted by Crippen LogP contribution is 2.35. The SMILES string of the molecule is CCC(C)[C](C)C1CCCCC1. The second-order valence-electron chi connectivity index (χ2n) is 4.39. The zero-order valence-corrected chi connectivity index (χ0v) is 8.90. The van der Waals surface area contributed by atoms with Crippen LogP contribution in [-0.4, -0.2) is 0 Å².